The average molecular weight is 334 g/mol. The zero-order valence-corrected chi connectivity index (χ0v) is 11.9. The Balaban J connectivity index is 2.37. The number of furan rings is 1. The number of carboxylic acid groups (broad SMARTS) is 1. The summed E-state index contributed by atoms with van der Waals surface area (Å²) in [6, 6.07) is 4.77. The van der Waals surface area contributed by atoms with Gasteiger partial charge in [0.15, 0.2) is 5.82 Å². The molecule has 0 amide bonds. The molecular weight excluding hydrogens is 325 g/mol. The fourth-order valence-corrected chi connectivity index (χ4v) is 2.97. The Morgan fingerprint density at radius 1 is 1.43 bits per heavy atom. The third kappa shape index (κ3) is 3.41. The second-order valence-electron chi connectivity index (χ2n) is 3.97. The second-order valence-corrected chi connectivity index (χ2v) is 6.15. The molecule has 9 heteroatoms. The van der Waals surface area contributed by atoms with Crippen molar-refractivity contribution in [1.29, 1.82) is 0 Å². The van der Waals surface area contributed by atoms with Crippen LogP contribution >= 0.6 is 11.6 Å². The predicted molar refractivity (Wildman–Crippen MR) is 71.1 cm³/mol. The number of sulfonamides is 1. The van der Waals surface area contributed by atoms with Crippen LogP contribution in [-0.4, -0.2) is 19.5 Å². The molecule has 112 valence electrons. The third-order valence-electron chi connectivity index (χ3n) is 2.54. The molecule has 2 N–H and O–H groups in total. The van der Waals surface area contributed by atoms with Crippen molar-refractivity contribution in [2.45, 2.75) is 11.4 Å². The highest BCUT2D eigenvalue weighted by Crippen LogP contribution is 2.24. The van der Waals surface area contributed by atoms with Crippen molar-refractivity contribution < 1.29 is 27.1 Å². The summed E-state index contributed by atoms with van der Waals surface area (Å²) in [6.45, 7) is -0.205. The van der Waals surface area contributed by atoms with Gasteiger partial charge in [0.2, 0.25) is 10.0 Å². The van der Waals surface area contributed by atoms with Crippen LogP contribution in [0.15, 0.2) is 39.8 Å². The maximum atomic E-state index is 14.0. The number of hydrogen-bond donors (Lipinski definition) is 2. The van der Waals surface area contributed by atoms with E-state index in [1.807, 2.05) is 0 Å². The van der Waals surface area contributed by atoms with E-state index in [1.54, 1.807) is 6.07 Å². The molecule has 1 aromatic heterocycles. The maximum Gasteiger partial charge on any atom is 0.338 e. The van der Waals surface area contributed by atoms with Gasteiger partial charge >= 0.3 is 5.97 Å². The molecule has 0 aliphatic carbocycles. The highest BCUT2D eigenvalue weighted by atomic mass is 35.5. The highest BCUT2D eigenvalue weighted by Gasteiger charge is 2.25. The van der Waals surface area contributed by atoms with Gasteiger partial charge in [-0.15, -0.1) is 0 Å². The van der Waals surface area contributed by atoms with Crippen LogP contribution < -0.4 is 4.72 Å². The summed E-state index contributed by atoms with van der Waals surface area (Å²) in [5, 5.41) is 8.63. The summed E-state index contributed by atoms with van der Waals surface area (Å²) in [5.74, 6) is -2.67. The van der Waals surface area contributed by atoms with Crippen LogP contribution in [0.1, 0.15) is 16.1 Å². The van der Waals surface area contributed by atoms with Crippen molar-refractivity contribution in [3.8, 4) is 0 Å². The minimum Gasteiger partial charge on any atom is -0.478 e. The van der Waals surface area contributed by atoms with Crippen LogP contribution in [0.3, 0.4) is 0 Å². The van der Waals surface area contributed by atoms with E-state index >= 15 is 0 Å². The fourth-order valence-electron chi connectivity index (χ4n) is 1.57. The van der Waals surface area contributed by atoms with Gasteiger partial charge in [0.1, 0.15) is 10.7 Å². The van der Waals surface area contributed by atoms with E-state index in [0.717, 1.165) is 12.1 Å². The number of aromatic carboxylic acids is 1. The number of carboxylic acids is 1. The SMILES string of the molecule is O=C(O)c1cc(Cl)cc(S(=O)(=O)NCc2ccco2)c1F. The molecule has 2 aromatic rings. The van der Waals surface area contributed by atoms with Gasteiger partial charge in [-0.3, -0.25) is 0 Å². The standard InChI is InChI=1S/C12H9ClFNO5S/c13-7-4-9(12(16)17)11(14)10(5-7)21(18,19)15-6-8-2-1-3-20-8/h1-5,15H,6H2,(H,16,17). The average Bonchev–Trinajstić information content (AvgIpc) is 2.91. The van der Waals surface area contributed by atoms with E-state index in [4.69, 9.17) is 21.1 Å². The molecule has 0 aliphatic rings. The van der Waals surface area contributed by atoms with Crippen molar-refractivity contribution in [3.05, 3.63) is 52.7 Å². The summed E-state index contributed by atoms with van der Waals surface area (Å²) in [6.07, 6.45) is 1.35. The first-order chi connectivity index (χ1) is 9.81. The molecule has 0 aliphatic heterocycles. The Bertz CT molecular complexity index is 773. The summed E-state index contributed by atoms with van der Waals surface area (Å²) in [5.41, 5.74) is -0.819. The summed E-state index contributed by atoms with van der Waals surface area (Å²) in [7, 11) is -4.28. The number of halogens is 2. The molecule has 0 radical (unpaired) electrons. The first-order valence-electron chi connectivity index (χ1n) is 5.55. The second kappa shape index (κ2) is 5.84. The normalized spacial score (nSPS) is 11.5. The van der Waals surface area contributed by atoms with Gasteiger partial charge in [-0.1, -0.05) is 11.6 Å². The fraction of sp³-hybridized carbons (Fsp3) is 0.0833. The lowest BCUT2D eigenvalue weighted by molar-refractivity contribution is 0.0691. The molecule has 2 rings (SSSR count). The summed E-state index contributed by atoms with van der Waals surface area (Å²) in [4.78, 5) is 10.0. The number of carbonyl (C=O) groups is 1. The van der Waals surface area contributed by atoms with E-state index < -0.39 is 32.3 Å². The van der Waals surface area contributed by atoms with E-state index in [9.17, 15) is 17.6 Å². The number of hydrogen-bond acceptors (Lipinski definition) is 4. The maximum absolute atomic E-state index is 14.0. The Kier molecular flexibility index (Phi) is 4.31. The Morgan fingerprint density at radius 3 is 2.71 bits per heavy atom. The Hall–Kier alpha value is -1.90. The van der Waals surface area contributed by atoms with Crippen LogP contribution in [0.2, 0.25) is 5.02 Å². The predicted octanol–water partition coefficient (Wildman–Crippen LogP) is 2.25. The van der Waals surface area contributed by atoms with Crippen LogP contribution in [0.4, 0.5) is 4.39 Å². The zero-order chi connectivity index (χ0) is 15.6. The molecule has 0 unspecified atom stereocenters. The van der Waals surface area contributed by atoms with E-state index in [1.165, 1.54) is 12.3 Å². The van der Waals surface area contributed by atoms with Gasteiger partial charge in [-0.2, -0.15) is 0 Å². The van der Waals surface area contributed by atoms with Crippen LogP contribution in [0.5, 0.6) is 0 Å². The molecule has 6 nitrogen and oxygen atoms in total. The number of rotatable bonds is 5. The van der Waals surface area contributed by atoms with Crippen molar-refractivity contribution in [2.75, 3.05) is 0 Å². The molecular formula is C12H9ClFNO5S. The Morgan fingerprint density at radius 2 is 2.14 bits per heavy atom. The molecule has 0 saturated carbocycles. The number of benzene rings is 1. The van der Waals surface area contributed by atoms with Gasteiger partial charge in [-0.25, -0.2) is 22.3 Å². The van der Waals surface area contributed by atoms with Gasteiger partial charge < -0.3 is 9.52 Å². The quantitative estimate of drug-likeness (QED) is 0.874. The van der Waals surface area contributed by atoms with Gasteiger partial charge in [0.25, 0.3) is 0 Å². The van der Waals surface area contributed by atoms with Gasteiger partial charge in [0, 0.05) is 5.02 Å². The Labute approximate surface area is 124 Å². The molecule has 0 fully saturated rings. The molecule has 0 spiro atoms. The highest BCUT2D eigenvalue weighted by molar-refractivity contribution is 7.89. The molecule has 1 aromatic carbocycles. The first-order valence-corrected chi connectivity index (χ1v) is 7.42. The zero-order valence-electron chi connectivity index (χ0n) is 10.3. The molecule has 21 heavy (non-hydrogen) atoms. The summed E-state index contributed by atoms with van der Waals surface area (Å²) >= 11 is 5.63. The van der Waals surface area contributed by atoms with Crippen LogP contribution in [0.25, 0.3) is 0 Å². The lowest BCUT2D eigenvalue weighted by Crippen LogP contribution is -2.24. The minimum atomic E-state index is -4.28. The van der Waals surface area contributed by atoms with Crippen molar-refractivity contribution in [2.24, 2.45) is 0 Å². The van der Waals surface area contributed by atoms with Gasteiger partial charge in [0.05, 0.1) is 18.4 Å². The van der Waals surface area contributed by atoms with E-state index in [2.05, 4.69) is 4.72 Å². The molecule has 0 atom stereocenters. The molecule has 1 heterocycles. The van der Waals surface area contributed by atoms with Crippen molar-refractivity contribution in [3.63, 3.8) is 0 Å². The smallest absolute Gasteiger partial charge is 0.338 e. The van der Waals surface area contributed by atoms with E-state index in [-0.39, 0.29) is 11.6 Å². The van der Waals surface area contributed by atoms with Crippen molar-refractivity contribution in [1.82, 2.24) is 4.72 Å². The van der Waals surface area contributed by atoms with E-state index in [0.29, 0.717) is 5.76 Å². The summed E-state index contributed by atoms with van der Waals surface area (Å²) < 4.78 is 45.1. The minimum absolute atomic E-state index is 0.202. The monoisotopic (exact) mass is 333 g/mol. The van der Waals surface area contributed by atoms with Crippen LogP contribution in [-0.2, 0) is 16.6 Å². The third-order valence-corrected chi connectivity index (χ3v) is 4.16. The van der Waals surface area contributed by atoms with Crippen LogP contribution in [0, 0.1) is 5.82 Å². The topological polar surface area (TPSA) is 96.6 Å². The lowest BCUT2D eigenvalue weighted by Gasteiger charge is -2.09. The number of nitrogens with one attached hydrogen (secondary N) is 1. The molecule has 0 saturated heterocycles. The molecule has 0 bridgehead atoms. The van der Waals surface area contributed by atoms with Crippen molar-refractivity contribution >= 4 is 27.6 Å². The lowest BCUT2D eigenvalue weighted by atomic mass is 10.2. The van der Waals surface area contributed by atoms with Gasteiger partial charge in [-0.05, 0) is 24.3 Å². The first kappa shape index (κ1) is 15.5. The largest absolute Gasteiger partial charge is 0.478 e.